The summed E-state index contributed by atoms with van der Waals surface area (Å²) in [4.78, 5) is 6.38. The second kappa shape index (κ2) is 4.99. The van der Waals surface area contributed by atoms with Crippen LogP contribution in [0.1, 0.15) is 0 Å². The molecule has 1 heterocycles. The van der Waals surface area contributed by atoms with Crippen molar-refractivity contribution >= 4 is 31.3 Å². The molecule has 0 amide bonds. The zero-order valence-electron chi connectivity index (χ0n) is 8.94. The van der Waals surface area contributed by atoms with Crippen LogP contribution >= 0.6 is 22.3 Å². The predicted molar refractivity (Wildman–Crippen MR) is 65.4 cm³/mol. The Bertz CT molecular complexity index is 753. The highest BCUT2D eigenvalue weighted by atomic mass is 35.7. The molecule has 0 saturated carbocycles. The molecule has 0 saturated heterocycles. The molecule has 0 fully saturated rings. The van der Waals surface area contributed by atoms with Gasteiger partial charge in [0.1, 0.15) is 11.5 Å². The third kappa shape index (κ3) is 2.99. The molecule has 9 heteroatoms. The van der Waals surface area contributed by atoms with Gasteiger partial charge in [0.05, 0.1) is 11.1 Å². The molecule has 0 N–H and O–H groups in total. The summed E-state index contributed by atoms with van der Waals surface area (Å²) in [5, 5.41) is -0.279. The zero-order chi connectivity index (χ0) is 14.2. The van der Waals surface area contributed by atoms with Crippen LogP contribution in [0.15, 0.2) is 29.3 Å². The number of benzene rings is 1. The molecule has 0 aliphatic rings. The number of nitrogens with zero attached hydrogens (tertiary/aromatic N) is 2. The quantitative estimate of drug-likeness (QED) is 0.629. The third-order valence-electron chi connectivity index (χ3n) is 2.18. The molecule has 0 aliphatic carbocycles. The molecule has 4 nitrogen and oxygen atoms in total. The standard InChI is InChI=1S/C10H4Cl2F2N2O2S/c11-10-15-4-7(14)9(16-10)6-2-1-5(13)3-8(6)19(12,17)18/h1-4H. The van der Waals surface area contributed by atoms with Crippen molar-refractivity contribution in [2.75, 3.05) is 0 Å². The third-order valence-corrected chi connectivity index (χ3v) is 3.72. The van der Waals surface area contributed by atoms with E-state index in [0.717, 1.165) is 18.3 Å². The maximum atomic E-state index is 13.6. The van der Waals surface area contributed by atoms with E-state index in [1.54, 1.807) is 0 Å². The van der Waals surface area contributed by atoms with Gasteiger partial charge >= 0.3 is 0 Å². The molecule has 2 rings (SSSR count). The lowest BCUT2D eigenvalue weighted by Crippen LogP contribution is -2.00. The molecule has 1 aromatic heterocycles. The molecule has 0 atom stereocenters. The van der Waals surface area contributed by atoms with Gasteiger partial charge in [-0.25, -0.2) is 27.2 Å². The lowest BCUT2D eigenvalue weighted by Gasteiger charge is -2.07. The van der Waals surface area contributed by atoms with E-state index in [1.165, 1.54) is 0 Å². The largest absolute Gasteiger partial charge is 0.262 e. The van der Waals surface area contributed by atoms with Crippen molar-refractivity contribution in [3.63, 3.8) is 0 Å². The molecule has 0 spiro atoms. The maximum Gasteiger partial charge on any atom is 0.262 e. The number of hydrogen-bond donors (Lipinski definition) is 0. The summed E-state index contributed by atoms with van der Waals surface area (Å²) >= 11 is 5.52. The van der Waals surface area contributed by atoms with Gasteiger partial charge in [-0.2, -0.15) is 0 Å². The van der Waals surface area contributed by atoms with Gasteiger partial charge in [-0.3, -0.25) is 0 Å². The van der Waals surface area contributed by atoms with Crippen molar-refractivity contribution in [3.8, 4) is 11.3 Å². The average molecular weight is 325 g/mol. The molecule has 0 aliphatic heterocycles. The minimum Gasteiger partial charge on any atom is -0.223 e. The minimum atomic E-state index is -4.27. The molecule has 100 valence electrons. The van der Waals surface area contributed by atoms with Crippen LogP contribution in [0.5, 0.6) is 0 Å². The minimum absolute atomic E-state index is 0.196. The smallest absolute Gasteiger partial charge is 0.223 e. The van der Waals surface area contributed by atoms with Crippen molar-refractivity contribution in [1.82, 2.24) is 9.97 Å². The van der Waals surface area contributed by atoms with Crippen molar-refractivity contribution in [1.29, 1.82) is 0 Å². The number of halogens is 4. The van der Waals surface area contributed by atoms with E-state index in [-0.39, 0.29) is 16.5 Å². The number of rotatable bonds is 2. The monoisotopic (exact) mass is 324 g/mol. The molecule has 2 aromatic rings. The maximum absolute atomic E-state index is 13.6. The molecular formula is C10H4Cl2F2N2O2S. The van der Waals surface area contributed by atoms with Gasteiger partial charge in [0.15, 0.2) is 5.82 Å². The van der Waals surface area contributed by atoms with E-state index in [0.29, 0.717) is 6.07 Å². The van der Waals surface area contributed by atoms with Crippen LogP contribution in [0, 0.1) is 11.6 Å². The van der Waals surface area contributed by atoms with Gasteiger partial charge < -0.3 is 0 Å². The molecule has 0 bridgehead atoms. The summed E-state index contributed by atoms with van der Waals surface area (Å²) in [6, 6.07) is 2.68. The van der Waals surface area contributed by atoms with Gasteiger partial charge in [0.25, 0.3) is 9.05 Å². The Balaban J connectivity index is 2.79. The number of aromatic nitrogens is 2. The Morgan fingerprint density at radius 3 is 2.53 bits per heavy atom. The van der Waals surface area contributed by atoms with Crippen LogP contribution in [-0.2, 0) is 9.05 Å². The van der Waals surface area contributed by atoms with Crippen LogP contribution in [0.25, 0.3) is 11.3 Å². The Labute approximate surface area is 116 Å². The van der Waals surface area contributed by atoms with E-state index in [4.69, 9.17) is 22.3 Å². The highest BCUT2D eigenvalue weighted by Crippen LogP contribution is 2.31. The summed E-state index contributed by atoms with van der Waals surface area (Å²) in [5.74, 6) is -1.74. The Kier molecular flexibility index (Phi) is 3.71. The van der Waals surface area contributed by atoms with Gasteiger partial charge in [-0.05, 0) is 29.8 Å². The van der Waals surface area contributed by atoms with E-state index in [1.807, 2.05) is 0 Å². The fraction of sp³-hybridized carbons (Fsp3) is 0. The normalized spacial score (nSPS) is 11.6. The summed E-state index contributed by atoms with van der Waals surface area (Å²) in [6.45, 7) is 0. The first kappa shape index (κ1) is 14.1. The van der Waals surface area contributed by atoms with Crippen LogP contribution in [0.3, 0.4) is 0 Å². The predicted octanol–water partition coefficient (Wildman–Crippen LogP) is 3.00. The molecule has 1 aromatic carbocycles. The summed E-state index contributed by atoms with van der Waals surface area (Å²) < 4.78 is 49.5. The first-order valence-electron chi connectivity index (χ1n) is 4.71. The van der Waals surface area contributed by atoms with E-state index < -0.39 is 25.6 Å². The van der Waals surface area contributed by atoms with E-state index in [2.05, 4.69) is 9.97 Å². The summed E-state index contributed by atoms with van der Waals surface area (Å²) in [7, 11) is 0.913. The summed E-state index contributed by atoms with van der Waals surface area (Å²) in [5.41, 5.74) is -0.572. The lowest BCUT2D eigenvalue weighted by molar-refractivity contribution is 0.601. The fourth-order valence-corrected chi connectivity index (χ4v) is 2.63. The van der Waals surface area contributed by atoms with Crippen LogP contribution in [0.4, 0.5) is 8.78 Å². The lowest BCUT2D eigenvalue weighted by atomic mass is 10.1. The van der Waals surface area contributed by atoms with Crippen molar-refractivity contribution in [2.24, 2.45) is 0 Å². The highest BCUT2D eigenvalue weighted by molar-refractivity contribution is 8.13. The van der Waals surface area contributed by atoms with Gasteiger partial charge in [-0.15, -0.1) is 0 Å². The van der Waals surface area contributed by atoms with Crippen molar-refractivity contribution < 1.29 is 17.2 Å². The van der Waals surface area contributed by atoms with E-state index >= 15 is 0 Å². The Morgan fingerprint density at radius 2 is 1.89 bits per heavy atom. The van der Waals surface area contributed by atoms with Gasteiger partial charge in [0, 0.05) is 16.2 Å². The molecular weight excluding hydrogens is 321 g/mol. The summed E-state index contributed by atoms with van der Waals surface area (Å²) in [6.07, 6.45) is 0.776. The average Bonchev–Trinajstić information content (AvgIpc) is 2.31. The first-order valence-corrected chi connectivity index (χ1v) is 7.40. The fourth-order valence-electron chi connectivity index (χ4n) is 1.43. The van der Waals surface area contributed by atoms with Crippen molar-refractivity contribution in [3.05, 3.63) is 41.3 Å². The highest BCUT2D eigenvalue weighted by Gasteiger charge is 2.21. The molecule has 0 radical (unpaired) electrons. The van der Waals surface area contributed by atoms with Crippen LogP contribution < -0.4 is 0 Å². The van der Waals surface area contributed by atoms with Crippen LogP contribution in [0.2, 0.25) is 5.28 Å². The van der Waals surface area contributed by atoms with Gasteiger partial charge in [0.2, 0.25) is 5.28 Å². The van der Waals surface area contributed by atoms with Crippen LogP contribution in [-0.4, -0.2) is 18.4 Å². The molecule has 0 unspecified atom stereocenters. The first-order chi connectivity index (χ1) is 8.79. The number of hydrogen-bond acceptors (Lipinski definition) is 4. The molecule has 19 heavy (non-hydrogen) atoms. The SMILES string of the molecule is O=S(=O)(Cl)c1cc(F)ccc1-c1nc(Cl)ncc1F. The van der Waals surface area contributed by atoms with E-state index in [9.17, 15) is 17.2 Å². The van der Waals surface area contributed by atoms with Gasteiger partial charge in [-0.1, -0.05) is 0 Å². The zero-order valence-corrected chi connectivity index (χ0v) is 11.3. The topological polar surface area (TPSA) is 59.9 Å². The second-order valence-corrected chi connectivity index (χ2v) is 6.29. The second-order valence-electron chi connectivity index (χ2n) is 3.41. The van der Waals surface area contributed by atoms with Crippen molar-refractivity contribution in [2.45, 2.75) is 4.90 Å². The Morgan fingerprint density at radius 1 is 1.21 bits per heavy atom. The Hall–Kier alpha value is -1.31.